The SMILES string of the molecule is O=C(CC1CCCO1)c1cnnn1-c1ccccc1. The number of hydrogen-bond donors (Lipinski definition) is 0. The molecule has 0 aliphatic carbocycles. The summed E-state index contributed by atoms with van der Waals surface area (Å²) in [5.74, 6) is 0.0285. The Hall–Kier alpha value is -2.01. The molecule has 1 aromatic heterocycles. The molecule has 1 unspecified atom stereocenters. The van der Waals surface area contributed by atoms with Crippen LogP contribution in [0.4, 0.5) is 0 Å². The van der Waals surface area contributed by atoms with E-state index < -0.39 is 0 Å². The average molecular weight is 257 g/mol. The van der Waals surface area contributed by atoms with E-state index in [1.807, 2.05) is 30.3 Å². The van der Waals surface area contributed by atoms with Crippen molar-refractivity contribution in [3.63, 3.8) is 0 Å². The number of para-hydroxylation sites is 1. The first kappa shape index (κ1) is 12.0. The largest absolute Gasteiger partial charge is 0.378 e. The summed E-state index contributed by atoms with van der Waals surface area (Å²) in [6.07, 6.45) is 3.96. The maximum atomic E-state index is 12.3. The topological polar surface area (TPSA) is 57.0 Å². The second kappa shape index (κ2) is 5.32. The van der Waals surface area contributed by atoms with Crippen molar-refractivity contribution < 1.29 is 9.53 Å². The summed E-state index contributed by atoms with van der Waals surface area (Å²) in [5, 5.41) is 7.83. The maximum absolute atomic E-state index is 12.3. The van der Waals surface area contributed by atoms with Crippen molar-refractivity contribution in [2.24, 2.45) is 0 Å². The third kappa shape index (κ3) is 2.56. The van der Waals surface area contributed by atoms with Crippen molar-refractivity contribution in [2.45, 2.75) is 25.4 Å². The molecule has 0 bridgehead atoms. The first-order valence-electron chi connectivity index (χ1n) is 6.45. The van der Waals surface area contributed by atoms with Crippen LogP contribution in [0.1, 0.15) is 29.8 Å². The summed E-state index contributed by atoms with van der Waals surface area (Å²) < 4.78 is 7.08. The van der Waals surface area contributed by atoms with Gasteiger partial charge in [-0.15, -0.1) is 5.10 Å². The molecular weight excluding hydrogens is 242 g/mol. The van der Waals surface area contributed by atoms with Crippen LogP contribution in [0, 0.1) is 0 Å². The molecule has 2 aromatic rings. The molecule has 1 aliphatic rings. The van der Waals surface area contributed by atoms with Gasteiger partial charge >= 0.3 is 0 Å². The van der Waals surface area contributed by atoms with E-state index in [1.165, 1.54) is 6.20 Å². The number of aromatic nitrogens is 3. The normalized spacial score (nSPS) is 18.6. The molecule has 0 spiro atoms. The molecule has 1 fully saturated rings. The van der Waals surface area contributed by atoms with Gasteiger partial charge in [0.2, 0.25) is 0 Å². The first-order chi connectivity index (χ1) is 9.34. The summed E-state index contributed by atoms with van der Waals surface area (Å²) in [4.78, 5) is 12.3. The van der Waals surface area contributed by atoms with Crippen LogP contribution in [-0.4, -0.2) is 33.5 Å². The summed E-state index contributed by atoms with van der Waals surface area (Å²) >= 11 is 0. The minimum atomic E-state index is 0.0285. The molecule has 1 aliphatic heterocycles. The number of hydrogen-bond acceptors (Lipinski definition) is 4. The molecule has 2 heterocycles. The van der Waals surface area contributed by atoms with Crippen LogP contribution in [0.15, 0.2) is 36.5 Å². The molecule has 98 valence electrons. The minimum Gasteiger partial charge on any atom is -0.378 e. The van der Waals surface area contributed by atoms with Crippen molar-refractivity contribution in [1.29, 1.82) is 0 Å². The van der Waals surface area contributed by atoms with Gasteiger partial charge in [0.1, 0.15) is 5.69 Å². The van der Waals surface area contributed by atoms with Crippen LogP contribution in [0.25, 0.3) is 5.69 Å². The van der Waals surface area contributed by atoms with Gasteiger partial charge in [0, 0.05) is 13.0 Å². The number of carbonyl (C=O) groups is 1. The standard InChI is InChI=1S/C14H15N3O2/c18-14(9-12-7-4-8-19-12)13-10-15-16-17(13)11-5-2-1-3-6-11/h1-3,5-6,10,12H,4,7-9H2. The zero-order valence-electron chi connectivity index (χ0n) is 10.5. The van der Waals surface area contributed by atoms with E-state index in [1.54, 1.807) is 4.68 Å². The summed E-state index contributed by atoms with van der Waals surface area (Å²) in [6.45, 7) is 0.758. The van der Waals surface area contributed by atoms with Gasteiger partial charge in [-0.05, 0) is 25.0 Å². The number of rotatable bonds is 4. The van der Waals surface area contributed by atoms with Crippen molar-refractivity contribution in [1.82, 2.24) is 15.0 Å². The van der Waals surface area contributed by atoms with E-state index in [0.29, 0.717) is 12.1 Å². The number of carbonyl (C=O) groups excluding carboxylic acids is 1. The van der Waals surface area contributed by atoms with Crippen molar-refractivity contribution in [3.8, 4) is 5.69 Å². The average Bonchev–Trinajstić information content (AvgIpc) is 3.10. The fourth-order valence-corrected chi connectivity index (χ4v) is 2.30. The third-order valence-electron chi connectivity index (χ3n) is 3.27. The lowest BCUT2D eigenvalue weighted by atomic mass is 10.1. The molecule has 0 radical (unpaired) electrons. The van der Waals surface area contributed by atoms with Crippen LogP contribution in [0.3, 0.4) is 0 Å². The maximum Gasteiger partial charge on any atom is 0.185 e. The molecule has 19 heavy (non-hydrogen) atoms. The van der Waals surface area contributed by atoms with Crippen LogP contribution in [-0.2, 0) is 4.74 Å². The third-order valence-corrected chi connectivity index (χ3v) is 3.27. The Kier molecular flexibility index (Phi) is 3.37. The highest BCUT2D eigenvalue weighted by atomic mass is 16.5. The zero-order valence-corrected chi connectivity index (χ0v) is 10.5. The molecule has 0 amide bonds. The lowest BCUT2D eigenvalue weighted by molar-refractivity contribution is 0.0769. The second-order valence-corrected chi connectivity index (χ2v) is 4.63. The van der Waals surface area contributed by atoms with Gasteiger partial charge < -0.3 is 4.74 Å². The number of ketones is 1. The van der Waals surface area contributed by atoms with E-state index in [4.69, 9.17) is 4.74 Å². The molecule has 1 aromatic carbocycles. The van der Waals surface area contributed by atoms with Crippen molar-refractivity contribution in [3.05, 3.63) is 42.2 Å². The van der Waals surface area contributed by atoms with Gasteiger partial charge in [0.15, 0.2) is 5.78 Å². The fraction of sp³-hybridized carbons (Fsp3) is 0.357. The van der Waals surface area contributed by atoms with Gasteiger partial charge in [0.05, 0.1) is 18.0 Å². The highest BCUT2D eigenvalue weighted by Gasteiger charge is 2.22. The number of Topliss-reactive ketones (excluding diaryl/α,β-unsaturated/α-hetero) is 1. The predicted molar refractivity (Wildman–Crippen MR) is 69.3 cm³/mol. The van der Waals surface area contributed by atoms with Crippen LogP contribution in [0.2, 0.25) is 0 Å². The van der Waals surface area contributed by atoms with Gasteiger partial charge in [0.25, 0.3) is 0 Å². The van der Waals surface area contributed by atoms with E-state index in [9.17, 15) is 4.79 Å². The lowest BCUT2D eigenvalue weighted by Gasteiger charge is -2.09. The Morgan fingerprint density at radius 1 is 1.37 bits per heavy atom. The number of ether oxygens (including phenoxy) is 1. The molecule has 0 N–H and O–H groups in total. The van der Waals surface area contributed by atoms with Crippen LogP contribution >= 0.6 is 0 Å². The first-order valence-corrected chi connectivity index (χ1v) is 6.45. The van der Waals surface area contributed by atoms with E-state index in [0.717, 1.165) is 25.1 Å². The molecule has 1 atom stereocenters. The lowest BCUT2D eigenvalue weighted by Crippen LogP contribution is -2.16. The fourth-order valence-electron chi connectivity index (χ4n) is 2.30. The number of benzene rings is 1. The van der Waals surface area contributed by atoms with Crippen LogP contribution < -0.4 is 0 Å². The molecule has 1 saturated heterocycles. The predicted octanol–water partition coefficient (Wildman–Crippen LogP) is 2.02. The monoisotopic (exact) mass is 257 g/mol. The van der Waals surface area contributed by atoms with Crippen molar-refractivity contribution >= 4 is 5.78 Å². The van der Waals surface area contributed by atoms with Crippen molar-refractivity contribution in [2.75, 3.05) is 6.61 Å². The highest BCUT2D eigenvalue weighted by Crippen LogP contribution is 2.18. The van der Waals surface area contributed by atoms with Gasteiger partial charge in [-0.25, -0.2) is 4.68 Å². The Morgan fingerprint density at radius 2 is 2.21 bits per heavy atom. The summed E-state index contributed by atoms with van der Waals surface area (Å²) in [6, 6.07) is 9.54. The Bertz CT molecular complexity index is 559. The Balaban J connectivity index is 1.81. The minimum absolute atomic E-state index is 0.0285. The van der Waals surface area contributed by atoms with Crippen LogP contribution in [0.5, 0.6) is 0 Å². The Morgan fingerprint density at radius 3 is 2.95 bits per heavy atom. The quantitative estimate of drug-likeness (QED) is 0.786. The van der Waals surface area contributed by atoms with E-state index in [-0.39, 0.29) is 11.9 Å². The van der Waals surface area contributed by atoms with Gasteiger partial charge in [-0.3, -0.25) is 4.79 Å². The summed E-state index contributed by atoms with van der Waals surface area (Å²) in [5.41, 5.74) is 1.36. The zero-order chi connectivity index (χ0) is 13.1. The van der Waals surface area contributed by atoms with E-state index in [2.05, 4.69) is 10.3 Å². The molecule has 0 saturated carbocycles. The van der Waals surface area contributed by atoms with E-state index >= 15 is 0 Å². The second-order valence-electron chi connectivity index (χ2n) is 4.63. The molecule has 5 nitrogen and oxygen atoms in total. The molecule has 5 heteroatoms. The molecular formula is C14H15N3O2. The highest BCUT2D eigenvalue weighted by molar-refractivity contribution is 5.95. The van der Waals surface area contributed by atoms with Gasteiger partial charge in [-0.2, -0.15) is 0 Å². The smallest absolute Gasteiger partial charge is 0.185 e. The summed E-state index contributed by atoms with van der Waals surface area (Å²) in [7, 11) is 0. The molecule has 3 rings (SSSR count). The number of nitrogens with zero attached hydrogens (tertiary/aromatic N) is 3. The van der Waals surface area contributed by atoms with Gasteiger partial charge in [-0.1, -0.05) is 23.4 Å². The Labute approximate surface area is 111 Å².